The zero-order valence-corrected chi connectivity index (χ0v) is 10.1. The maximum Gasteiger partial charge on any atom is 0.144 e. The lowest BCUT2D eigenvalue weighted by molar-refractivity contribution is 0.374. The van der Waals surface area contributed by atoms with E-state index in [1.54, 1.807) is 6.07 Å². The van der Waals surface area contributed by atoms with Crippen molar-refractivity contribution in [3.8, 4) is 6.07 Å². The minimum atomic E-state index is -0.752. The Labute approximate surface area is 106 Å². The smallest absolute Gasteiger partial charge is 0.144 e. The third-order valence-corrected chi connectivity index (χ3v) is 3.75. The Morgan fingerprint density at radius 1 is 1.17 bits per heavy atom. The molecule has 1 aliphatic carbocycles. The highest BCUT2D eigenvalue weighted by Gasteiger charge is 2.22. The van der Waals surface area contributed by atoms with Crippen molar-refractivity contribution in [1.29, 1.82) is 5.26 Å². The molecule has 1 aliphatic rings. The molecule has 1 nitrogen and oxygen atoms in total. The quantitative estimate of drug-likeness (QED) is 0.715. The second-order valence-electron chi connectivity index (χ2n) is 4.82. The Balaban J connectivity index is 2.20. The van der Waals surface area contributed by atoms with E-state index in [0.29, 0.717) is 11.5 Å². The third kappa shape index (κ3) is 2.43. The molecule has 0 saturated heterocycles. The Morgan fingerprint density at radius 3 is 2.17 bits per heavy atom. The van der Waals surface area contributed by atoms with Crippen LogP contribution < -0.4 is 0 Å². The highest BCUT2D eigenvalue weighted by atomic mass is 19.1. The number of rotatable bonds is 2. The van der Waals surface area contributed by atoms with E-state index in [-0.39, 0.29) is 5.92 Å². The largest absolute Gasteiger partial charge is 0.205 e. The van der Waals surface area contributed by atoms with Crippen LogP contribution in [0.1, 0.15) is 42.7 Å². The van der Waals surface area contributed by atoms with Crippen molar-refractivity contribution in [3.05, 3.63) is 47.5 Å². The van der Waals surface area contributed by atoms with E-state index in [9.17, 15) is 8.78 Å². The van der Waals surface area contributed by atoms with E-state index in [1.807, 2.05) is 6.08 Å². The van der Waals surface area contributed by atoms with E-state index in [1.165, 1.54) is 12.1 Å². The fourth-order valence-electron chi connectivity index (χ4n) is 2.62. The van der Waals surface area contributed by atoms with Crippen molar-refractivity contribution in [1.82, 2.24) is 0 Å². The van der Waals surface area contributed by atoms with Gasteiger partial charge < -0.3 is 0 Å². The van der Waals surface area contributed by atoms with Crippen molar-refractivity contribution < 1.29 is 8.78 Å². The van der Waals surface area contributed by atoms with E-state index in [2.05, 4.69) is 6.58 Å². The Bertz CT molecular complexity index is 471. The summed E-state index contributed by atoms with van der Waals surface area (Å²) < 4.78 is 27.1. The minimum absolute atomic E-state index is 0.193. The van der Waals surface area contributed by atoms with Gasteiger partial charge in [-0.1, -0.05) is 6.08 Å². The molecule has 1 saturated carbocycles. The van der Waals surface area contributed by atoms with E-state index < -0.39 is 17.2 Å². The van der Waals surface area contributed by atoms with Crippen molar-refractivity contribution >= 4 is 0 Å². The fourth-order valence-corrected chi connectivity index (χ4v) is 2.62. The van der Waals surface area contributed by atoms with Crippen LogP contribution in [0.15, 0.2) is 24.8 Å². The predicted octanol–water partition coefficient (Wildman–Crippen LogP) is 4.30. The van der Waals surface area contributed by atoms with Gasteiger partial charge in [-0.2, -0.15) is 5.26 Å². The molecule has 1 fully saturated rings. The van der Waals surface area contributed by atoms with Crippen LogP contribution in [0.25, 0.3) is 0 Å². The van der Waals surface area contributed by atoms with Gasteiger partial charge in [0.1, 0.15) is 23.3 Å². The van der Waals surface area contributed by atoms with Crippen LogP contribution in [0.5, 0.6) is 0 Å². The summed E-state index contributed by atoms with van der Waals surface area (Å²) in [5, 5.41) is 8.63. The van der Waals surface area contributed by atoms with Gasteiger partial charge in [0.2, 0.25) is 0 Å². The molecule has 2 rings (SSSR count). The maximum absolute atomic E-state index is 13.5. The summed E-state index contributed by atoms with van der Waals surface area (Å²) in [5.74, 6) is -0.788. The molecule has 94 valence electrons. The van der Waals surface area contributed by atoms with Gasteiger partial charge in [-0.25, -0.2) is 8.78 Å². The van der Waals surface area contributed by atoms with Gasteiger partial charge in [0.15, 0.2) is 0 Å². The minimum Gasteiger partial charge on any atom is -0.205 e. The number of nitrogens with zero attached hydrogens (tertiary/aromatic N) is 1. The SMILES string of the molecule is C=CC1CCC(c2cc(F)c(C#N)c(F)c2)CC1. The lowest BCUT2D eigenvalue weighted by Gasteiger charge is -2.27. The molecule has 0 amide bonds. The van der Waals surface area contributed by atoms with Crippen molar-refractivity contribution in [3.63, 3.8) is 0 Å². The molecule has 1 aromatic rings. The Morgan fingerprint density at radius 2 is 1.72 bits per heavy atom. The summed E-state index contributed by atoms with van der Waals surface area (Å²) in [7, 11) is 0. The first-order valence-corrected chi connectivity index (χ1v) is 6.17. The van der Waals surface area contributed by atoms with Crippen LogP contribution in [-0.2, 0) is 0 Å². The molecule has 0 aromatic heterocycles. The van der Waals surface area contributed by atoms with Crippen molar-refractivity contribution in [2.75, 3.05) is 0 Å². The van der Waals surface area contributed by atoms with Crippen LogP contribution in [0.4, 0.5) is 8.78 Å². The van der Waals surface area contributed by atoms with Crippen LogP contribution in [0, 0.1) is 28.9 Å². The average Bonchev–Trinajstić information content (AvgIpc) is 2.38. The highest BCUT2D eigenvalue weighted by Crippen LogP contribution is 2.36. The van der Waals surface area contributed by atoms with Crippen LogP contribution in [0.3, 0.4) is 0 Å². The molecule has 3 heteroatoms. The van der Waals surface area contributed by atoms with Gasteiger partial charge >= 0.3 is 0 Å². The molecule has 0 unspecified atom stereocenters. The molecule has 0 bridgehead atoms. The monoisotopic (exact) mass is 247 g/mol. The molecule has 1 aromatic carbocycles. The van der Waals surface area contributed by atoms with E-state index in [0.717, 1.165) is 25.7 Å². The summed E-state index contributed by atoms with van der Waals surface area (Å²) in [4.78, 5) is 0. The Hall–Kier alpha value is -1.69. The molecule has 0 radical (unpaired) electrons. The number of hydrogen-bond donors (Lipinski definition) is 0. The number of hydrogen-bond acceptors (Lipinski definition) is 1. The molecule has 0 N–H and O–H groups in total. The third-order valence-electron chi connectivity index (χ3n) is 3.75. The lowest BCUT2D eigenvalue weighted by atomic mass is 9.78. The second-order valence-corrected chi connectivity index (χ2v) is 4.82. The van der Waals surface area contributed by atoms with Gasteiger partial charge in [-0.3, -0.25) is 0 Å². The summed E-state index contributed by atoms with van der Waals surface area (Å²) in [6.45, 7) is 3.78. The van der Waals surface area contributed by atoms with E-state index >= 15 is 0 Å². The first-order chi connectivity index (χ1) is 8.65. The molecular weight excluding hydrogens is 232 g/mol. The summed E-state index contributed by atoms with van der Waals surface area (Å²) >= 11 is 0. The van der Waals surface area contributed by atoms with Gasteiger partial charge in [-0.15, -0.1) is 6.58 Å². The first kappa shape index (κ1) is 12.8. The molecule has 18 heavy (non-hydrogen) atoms. The predicted molar refractivity (Wildman–Crippen MR) is 66.0 cm³/mol. The number of halogens is 2. The number of allylic oxidation sites excluding steroid dienone is 1. The number of nitriles is 1. The topological polar surface area (TPSA) is 23.8 Å². The molecule has 0 aliphatic heterocycles. The highest BCUT2D eigenvalue weighted by molar-refractivity contribution is 5.36. The first-order valence-electron chi connectivity index (χ1n) is 6.17. The Kier molecular flexibility index (Phi) is 3.76. The van der Waals surface area contributed by atoms with Crippen LogP contribution in [0.2, 0.25) is 0 Å². The molecule has 0 spiro atoms. The van der Waals surface area contributed by atoms with Crippen LogP contribution in [-0.4, -0.2) is 0 Å². The maximum atomic E-state index is 13.5. The molecule has 0 atom stereocenters. The van der Waals surface area contributed by atoms with E-state index in [4.69, 9.17) is 5.26 Å². The zero-order chi connectivity index (χ0) is 13.1. The standard InChI is InChI=1S/C15H15F2N/c1-2-10-3-5-11(6-4-10)12-7-14(16)13(9-18)15(17)8-12/h2,7-8,10-11H,1,3-6H2. The average molecular weight is 247 g/mol. The van der Waals surface area contributed by atoms with Gasteiger partial charge in [-0.05, 0) is 55.2 Å². The molecular formula is C15H15F2N. The van der Waals surface area contributed by atoms with Crippen molar-refractivity contribution in [2.24, 2.45) is 5.92 Å². The molecule has 0 heterocycles. The summed E-state index contributed by atoms with van der Waals surface area (Å²) in [6.07, 6.45) is 5.81. The van der Waals surface area contributed by atoms with Gasteiger partial charge in [0, 0.05) is 0 Å². The fraction of sp³-hybridized carbons (Fsp3) is 0.400. The lowest BCUT2D eigenvalue weighted by Crippen LogP contribution is -2.12. The van der Waals surface area contributed by atoms with Crippen molar-refractivity contribution in [2.45, 2.75) is 31.6 Å². The normalized spacial score (nSPS) is 23.4. The number of benzene rings is 1. The van der Waals surface area contributed by atoms with Crippen LogP contribution >= 0.6 is 0 Å². The second kappa shape index (κ2) is 5.30. The van der Waals surface area contributed by atoms with Gasteiger partial charge in [0.25, 0.3) is 0 Å². The summed E-state index contributed by atoms with van der Waals surface area (Å²) in [6, 6.07) is 4.16. The summed E-state index contributed by atoms with van der Waals surface area (Å²) in [5.41, 5.74) is 0.185. The van der Waals surface area contributed by atoms with Gasteiger partial charge in [0.05, 0.1) is 0 Å². The zero-order valence-electron chi connectivity index (χ0n) is 10.1.